The molecule has 0 bridgehead atoms. The van der Waals surface area contributed by atoms with Crippen molar-refractivity contribution in [2.24, 2.45) is 0 Å². The summed E-state index contributed by atoms with van der Waals surface area (Å²) in [7, 11) is 0. The molecule has 1 saturated heterocycles. The average molecular weight is 391 g/mol. The van der Waals surface area contributed by atoms with E-state index in [1.54, 1.807) is 18.2 Å². The number of piperazine rings is 1. The van der Waals surface area contributed by atoms with E-state index < -0.39 is 0 Å². The molecule has 3 rings (SSSR count). The number of likely N-dealkylation sites (N-methyl/N-ethyl adjacent to an activating group) is 1. The zero-order valence-electron chi connectivity index (χ0n) is 15.6. The number of carbonyl (C=O) groups excluding carboxylic acids is 1. The van der Waals surface area contributed by atoms with Crippen molar-refractivity contribution >= 4 is 23.2 Å². The second-order valence-electron chi connectivity index (χ2n) is 6.66. The predicted molar refractivity (Wildman–Crippen MR) is 106 cm³/mol. The van der Waals surface area contributed by atoms with Gasteiger partial charge in [0.25, 0.3) is 5.91 Å². The predicted octanol–water partition coefficient (Wildman–Crippen LogP) is 3.51. The van der Waals surface area contributed by atoms with Gasteiger partial charge in [0.2, 0.25) is 0 Å². The molecule has 2 aromatic rings. The largest absolute Gasteiger partial charge is 0.369 e. The molecule has 0 spiro atoms. The number of anilines is 1. The van der Waals surface area contributed by atoms with Gasteiger partial charge in [0.1, 0.15) is 11.0 Å². The van der Waals surface area contributed by atoms with Gasteiger partial charge in [-0.25, -0.2) is 9.37 Å². The van der Waals surface area contributed by atoms with Crippen molar-refractivity contribution in [1.82, 2.24) is 15.2 Å². The number of hydrogen-bond donors (Lipinski definition) is 1. The van der Waals surface area contributed by atoms with Gasteiger partial charge in [0, 0.05) is 43.6 Å². The third-order valence-electron chi connectivity index (χ3n) is 4.97. The monoisotopic (exact) mass is 390 g/mol. The molecule has 1 aliphatic rings. The lowest BCUT2D eigenvalue weighted by Crippen LogP contribution is -2.46. The Morgan fingerprint density at radius 2 is 2.04 bits per heavy atom. The molecule has 7 heteroatoms. The Morgan fingerprint density at radius 3 is 2.70 bits per heavy atom. The lowest BCUT2D eigenvalue weighted by Gasteiger charge is -2.37. The Kier molecular flexibility index (Phi) is 6.29. The maximum Gasteiger partial charge on any atom is 0.254 e. The van der Waals surface area contributed by atoms with Gasteiger partial charge in [-0.2, -0.15) is 0 Å². The molecular formula is C20H24ClFN4O. The number of carbonyl (C=O) groups is 1. The normalized spacial score (nSPS) is 16.2. The number of rotatable bonds is 5. The van der Waals surface area contributed by atoms with E-state index in [4.69, 9.17) is 11.6 Å². The van der Waals surface area contributed by atoms with Gasteiger partial charge in [-0.1, -0.05) is 18.5 Å². The first-order valence-corrected chi connectivity index (χ1v) is 9.55. The molecule has 1 aromatic carbocycles. The standard InChI is InChI=1S/C20H24ClFN4O/c1-3-25-9-11-26(12-10-25)18-7-6-15(22)13-17(18)14(2)24-20(27)16-5-4-8-23-19(16)21/h4-8,13-14H,3,9-12H2,1-2H3,(H,24,27). The lowest BCUT2D eigenvalue weighted by atomic mass is 10.0. The number of aromatic nitrogens is 1. The molecule has 1 aliphatic heterocycles. The molecule has 2 heterocycles. The number of nitrogens with one attached hydrogen (secondary N) is 1. The van der Waals surface area contributed by atoms with Gasteiger partial charge >= 0.3 is 0 Å². The van der Waals surface area contributed by atoms with Crippen LogP contribution in [0.25, 0.3) is 0 Å². The van der Waals surface area contributed by atoms with Gasteiger partial charge in [-0.3, -0.25) is 4.79 Å². The summed E-state index contributed by atoms with van der Waals surface area (Å²) < 4.78 is 13.9. The average Bonchev–Trinajstić information content (AvgIpc) is 2.68. The molecule has 0 radical (unpaired) electrons. The molecule has 0 saturated carbocycles. The van der Waals surface area contributed by atoms with Crippen LogP contribution in [0.4, 0.5) is 10.1 Å². The fourth-order valence-corrected chi connectivity index (χ4v) is 3.58. The van der Waals surface area contributed by atoms with E-state index in [2.05, 4.69) is 27.0 Å². The molecule has 5 nitrogen and oxygen atoms in total. The molecule has 1 N–H and O–H groups in total. The van der Waals surface area contributed by atoms with Gasteiger partial charge in [0.05, 0.1) is 11.6 Å². The second-order valence-corrected chi connectivity index (χ2v) is 7.02. The first-order valence-electron chi connectivity index (χ1n) is 9.17. The molecule has 1 atom stereocenters. The minimum absolute atomic E-state index is 0.150. The number of benzene rings is 1. The highest BCUT2D eigenvalue weighted by molar-refractivity contribution is 6.32. The smallest absolute Gasteiger partial charge is 0.254 e. The minimum Gasteiger partial charge on any atom is -0.369 e. The summed E-state index contributed by atoms with van der Waals surface area (Å²) in [6.07, 6.45) is 1.53. The number of amides is 1. The Labute approximate surface area is 164 Å². The third-order valence-corrected chi connectivity index (χ3v) is 5.27. The second kappa shape index (κ2) is 8.67. The topological polar surface area (TPSA) is 48.5 Å². The van der Waals surface area contributed by atoms with Crippen LogP contribution in [0.15, 0.2) is 36.5 Å². The van der Waals surface area contributed by atoms with Crippen LogP contribution in [0.2, 0.25) is 5.15 Å². The molecule has 27 heavy (non-hydrogen) atoms. The van der Waals surface area contributed by atoms with E-state index >= 15 is 0 Å². The number of halogens is 2. The Hall–Kier alpha value is -2.18. The molecule has 1 amide bonds. The van der Waals surface area contributed by atoms with Crippen molar-refractivity contribution in [3.63, 3.8) is 0 Å². The minimum atomic E-state index is -0.372. The molecule has 1 fully saturated rings. The molecule has 1 unspecified atom stereocenters. The van der Waals surface area contributed by atoms with E-state index in [1.165, 1.54) is 18.3 Å². The Morgan fingerprint density at radius 1 is 1.30 bits per heavy atom. The van der Waals surface area contributed by atoms with E-state index in [1.807, 2.05) is 6.92 Å². The van der Waals surface area contributed by atoms with Crippen LogP contribution in [0.1, 0.15) is 35.8 Å². The van der Waals surface area contributed by atoms with Gasteiger partial charge < -0.3 is 15.1 Å². The highest BCUT2D eigenvalue weighted by Crippen LogP contribution is 2.29. The van der Waals surface area contributed by atoms with Crippen molar-refractivity contribution in [2.45, 2.75) is 19.9 Å². The zero-order chi connectivity index (χ0) is 19.4. The summed E-state index contributed by atoms with van der Waals surface area (Å²) >= 11 is 6.01. The van der Waals surface area contributed by atoms with Gasteiger partial charge in [-0.05, 0) is 43.8 Å². The maximum atomic E-state index is 13.9. The molecule has 144 valence electrons. The zero-order valence-corrected chi connectivity index (χ0v) is 16.3. The highest BCUT2D eigenvalue weighted by Gasteiger charge is 2.22. The van der Waals surface area contributed by atoms with E-state index in [0.717, 1.165) is 44.0 Å². The molecular weight excluding hydrogens is 367 g/mol. The van der Waals surface area contributed by atoms with Crippen LogP contribution in [0, 0.1) is 5.82 Å². The van der Waals surface area contributed by atoms with Gasteiger partial charge in [0.15, 0.2) is 0 Å². The number of pyridine rings is 1. The summed E-state index contributed by atoms with van der Waals surface area (Å²) in [5.74, 6) is -0.645. The van der Waals surface area contributed by atoms with Crippen molar-refractivity contribution in [1.29, 1.82) is 0 Å². The summed E-state index contributed by atoms with van der Waals surface area (Å²) in [6.45, 7) is 8.73. The summed E-state index contributed by atoms with van der Waals surface area (Å²) in [5, 5.41) is 3.06. The van der Waals surface area contributed by atoms with Crippen LogP contribution in [-0.4, -0.2) is 48.5 Å². The molecule has 1 aromatic heterocycles. The highest BCUT2D eigenvalue weighted by atomic mass is 35.5. The van der Waals surface area contributed by atoms with Crippen LogP contribution in [0.5, 0.6) is 0 Å². The van der Waals surface area contributed by atoms with Crippen molar-refractivity contribution in [2.75, 3.05) is 37.6 Å². The number of hydrogen-bond acceptors (Lipinski definition) is 4. The molecule has 0 aliphatic carbocycles. The van der Waals surface area contributed by atoms with Crippen LogP contribution in [0.3, 0.4) is 0 Å². The van der Waals surface area contributed by atoms with Crippen LogP contribution >= 0.6 is 11.6 Å². The quantitative estimate of drug-likeness (QED) is 0.794. The van der Waals surface area contributed by atoms with Crippen molar-refractivity contribution in [3.05, 3.63) is 58.6 Å². The van der Waals surface area contributed by atoms with Crippen LogP contribution in [-0.2, 0) is 0 Å². The van der Waals surface area contributed by atoms with E-state index in [0.29, 0.717) is 5.56 Å². The van der Waals surface area contributed by atoms with E-state index in [-0.39, 0.29) is 22.9 Å². The lowest BCUT2D eigenvalue weighted by molar-refractivity contribution is 0.0939. The first kappa shape index (κ1) is 19.6. The van der Waals surface area contributed by atoms with Crippen molar-refractivity contribution < 1.29 is 9.18 Å². The van der Waals surface area contributed by atoms with E-state index in [9.17, 15) is 9.18 Å². The number of nitrogens with zero attached hydrogens (tertiary/aromatic N) is 3. The Bertz CT molecular complexity index is 808. The van der Waals surface area contributed by atoms with Crippen molar-refractivity contribution in [3.8, 4) is 0 Å². The SMILES string of the molecule is CCN1CCN(c2ccc(F)cc2C(C)NC(=O)c2cccnc2Cl)CC1. The summed E-state index contributed by atoms with van der Waals surface area (Å²) in [6, 6.07) is 7.67. The summed E-state index contributed by atoms with van der Waals surface area (Å²) in [4.78, 5) is 21.1. The first-order chi connectivity index (χ1) is 13.0. The van der Waals surface area contributed by atoms with Gasteiger partial charge in [-0.15, -0.1) is 0 Å². The summed E-state index contributed by atoms with van der Waals surface area (Å²) in [5.41, 5.74) is 2.02. The maximum absolute atomic E-state index is 13.9. The fraction of sp³-hybridized carbons (Fsp3) is 0.400. The Balaban J connectivity index is 1.80. The fourth-order valence-electron chi connectivity index (χ4n) is 3.37. The third kappa shape index (κ3) is 4.57. The van der Waals surface area contributed by atoms with Crippen LogP contribution < -0.4 is 10.2 Å².